The summed E-state index contributed by atoms with van der Waals surface area (Å²) in [5.41, 5.74) is 0.722. The quantitative estimate of drug-likeness (QED) is 0.903. The lowest BCUT2D eigenvalue weighted by atomic mass is 10.1. The standard InChI is InChI=1S/C14H10Cl2N2O3/c1-7-5-11(16)9(6-17-7)13(19)18-12-8(14(20)21)3-2-4-10(12)15/h2-6H,1H3,(H,18,19)(H,20,21). The monoisotopic (exact) mass is 324 g/mol. The maximum atomic E-state index is 12.2. The minimum atomic E-state index is -1.19. The van der Waals surface area contributed by atoms with Crippen LogP contribution in [0.1, 0.15) is 26.4 Å². The minimum absolute atomic E-state index is 0.0216. The Kier molecular flexibility index (Phi) is 4.45. The number of nitrogens with one attached hydrogen (secondary N) is 1. The van der Waals surface area contributed by atoms with Crippen LogP contribution in [0.15, 0.2) is 30.5 Å². The number of amides is 1. The van der Waals surface area contributed by atoms with Gasteiger partial charge in [-0.1, -0.05) is 29.3 Å². The highest BCUT2D eigenvalue weighted by atomic mass is 35.5. The van der Waals surface area contributed by atoms with Gasteiger partial charge in [0.05, 0.1) is 26.9 Å². The van der Waals surface area contributed by atoms with E-state index in [1.165, 1.54) is 24.4 Å². The zero-order valence-corrected chi connectivity index (χ0v) is 12.4. The third-order valence-corrected chi connectivity index (χ3v) is 3.35. The average Bonchev–Trinajstić information content (AvgIpc) is 2.40. The summed E-state index contributed by atoms with van der Waals surface area (Å²) in [6.07, 6.45) is 1.32. The molecule has 5 nitrogen and oxygen atoms in total. The molecule has 2 rings (SSSR count). The molecule has 0 fully saturated rings. The summed E-state index contributed by atoms with van der Waals surface area (Å²) < 4.78 is 0. The van der Waals surface area contributed by atoms with E-state index in [0.717, 1.165) is 0 Å². The highest BCUT2D eigenvalue weighted by Gasteiger charge is 2.18. The van der Waals surface area contributed by atoms with Gasteiger partial charge < -0.3 is 10.4 Å². The first-order valence-corrected chi connectivity index (χ1v) is 6.61. The number of hydrogen-bond acceptors (Lipinski definition) is 3. The van der Waals surface area contributed by atoms with E-state index in [4.69, 9.17) is 28.3 Å². The molecular formula is C14H10Cl2N2O3. The lowest BCUT2D eigenvalue weighted by molar-refractivity contribution is 0.0698. The van der Waals surface area contributed by atoms with Crippen LogP contribution in [-0.4, -0.2) is 22.0 Å². The van der Waals surface area contributed by atoms with E-state index >= 15 is 0 Å². The highest BCUT2D eigenvalue weighted by molar-refractivity contribution is 6.36. The Bertz CT molecular complexity index is 732. The third-order valence-electron chi connectivity index (χ3n) is 2.72. The van der Waals surface area contributed by atoms with Crippen molar-refractivity contribution in [3.05, 3.63) is 57.3 Å². The second-order valence-electron chi connectivity index (χ2n) is 4.23. The Morgan fingerprint density at radius 2 is 1.90 bits per heavy atom. The first-order valence-electron chi connectivity index (χ1n) is 5.85. The number of anilines is 1. The number of rotatable bonds is 3. The molecule has 0 atom stereocenters. The summed E-state index contributed by atoms with van der Waals surface area (Å²) in [4.78, 5) is 27.3. The van der Waals surface area contributed by atoms with Gasteiger partial charge in [0.2, 0.25) is 0 Å². The van der Waals surface area contributed by atoms with Crippen molar-refractivity contribution in [3.63, 3.8) is 0 Å². The fourth-order valence-corrected chi connectivity index (χ4v) is 2.22. The Balaban J connectivity index is 2.38. The molecule has 0 aliphatic heterocycles. The minimum Gasteiger partial charge on any atom is -0.478 e. The lowest BCUT2D eigenvalue weighted by Crippen LogP contribution is -2.16. The molecule has 1 amide bonds. The van der Waals surface area contributed by atoms with Gasteiger partial charge in [0, 0.05) is 11.9 Å². The van der Waals surface area contributed by atoms with Crippen LogP contribution >= 0.6 is 23.2 Å². The molecule has 0 spiro atoms. The number of nitrogens with zero attached hydrogens (tertiary/aromatic N) is 1. The molecule has 0 bridgehead atoms. The van der Waals surface area contributed by atoms with Gasteiger partial charge >= 0.3 is 5.97 Å². The third kappa shape index (κ3) is 3.32. The number of carboxylic acid groups (broad SMARTS) is 1. The average molecular weight is 325 g/mol. The molecule has 7 heteroatoms. The summed E-state index contributed by atoms with van der Waals surface area (Å²) in [6, 6.07) is 5.86. The predicted octanol–water partition coefficient (Wildman–Crippen LogP) is 3.65. The molecule has 0 unspecified atom stereocenters. The molecule has 108 valence electrons. The van der Waals surface area contributed by atoms with E-state index < -0.39 is 11.9 Å². The van der Waals surface area contributed by atoms with Crippen molar-refractivity contribution in [1.29, 1.82) is 0 Å². The largest absolute Gasteiger partial charge is 0.478 e. The van der Waals surface area contributed by atoms with Crippen molar-refractivity contribution < 1.29 is 14.7 Å². The number of carbonyl (C=O) groups excluding carboxylic acids is 1. The van der Waals surface area contributed by atoms with Gasteiger partial charge in [-0.05, 0) is 25.1 Å². The van der Waals surface area contributed by atoms with Crippen LogP contribution in [-0.2, 0) is 0 Å². The normalized spacial score (nSPS) is 10.2. The van der Waals surface area contributed by atoms with Gasteiger partial charge in [0.25, 0.3) is 5.91 Å². The van der Waals surface area contributed by atoms with Gasteiger partial charge in [-0.2, -0.15) is 0 Å². The molecule has 0 radical (unpaired) electrons. The van der Waals surface area contributed by atoms with E-state index in [9.17, 15) is 9.59 Å². The van der Waals surface area contributed by atoms with Crippen LogP contribution in [0, 0.1) is 6.92 Å². The Labute approximate surface area is 130 Å². The predicted molar refractivity (Wildman–Crippen MR) is 80.3 cm³/mol. The first-order chi connectivity index (χ1) is 9.90. The molecular weight excluding hydrogens is 315 g/mol. The Morgan fingerprint density at radius 3 is 2.52 bits per heavy atom. The zero-order valence-electron chi connectivity index (χ0n) is 10.9. The Hall–Kier alpha value is -2.11. The maximum Gasteiger partial charge on any atom is 0.337 e. The number of aromatic carboxylic acids is 1. The molecule has 0 aliphatic rings. The summed E-state index contributed by atoms with van der Waals surface area (Å²) in [7, 11) is 0. The van der Waals surface area contributed by atoms with Crippen LogP contribution in [0.25, 0.3) is 0 Å². The van der Waals surface area contributed by atoms with Crippen molar-refractivity contribution in [2.75, 3.05) is 5.32 Å². The second kappa shape index (κ2) is 6.11. The Morgan fingerprint density at radius 1 is 1.19 bits per heavy atom. The van der Waals surface area contributed by atoms with Crippen molar-refractivity contribution >= 4 is 40.8 Å². The van der Waals surface area contributed by atoms with E-state index in [2.05, 4.69) is 10.3 Å². The highest BCUT2D eigenvalue weighted by Crippen LogP contribution is 2.27. The smallest absolute Gasteiger partial charge is 0.337 e. The molecule has 21 heavy (non-hydrogen) atoms. The van der Waals surface area contributed by atoms with Crippen molar-refractivity contribution in [2.24, 2.45) is 0 Å². The van der Waals surface area contributed by atoms with E-state index in [1.807, 2.05) is 0 Å². The molecule has 1 aromatic carbocycles. The number of halogens is 2. The summed E-state index contributed by atoms with van der Waals surface area (Å²) >= 11 is 11.9. The first kappa shape index (κ1) is 15.3. The van der Waals surface area contributed by atoms with E-state index in [1.54, 1.807) is 13.0 Å². The fourth-order valence-electron chi connectivity index (χ4n) is 1.70. The summed E-state index contributed by atoms with van der Waals surface area (Å²) in [5, 5.41) is 11.9. The zero-order chi connectivity index (χ0) is 15.6. The number of carboxylic acids is 1. The van der Waals surface area contributed by atoms with Crippen LogP contribution < -0.4 is 5.32 Å². The van der Waals surface area contributed by atoms with Crippen LogP contribution in [0.4, 0.5) is 5.69 Å². The van der Waals surface area contributed by atoms with Crippen LogP contribution in [0.2, 0.25) is 10.0 Å². The van der Waals surface area contributed by atoms with Gasteiger partial charge in [0.1, 0.15) is 0 Å². The maximum absolute atomic E-state index is 12.2. The van der Waals surface area contributed by atoms with Gasteiger partial charge in [-0.25, -0.2) is 4.79 Å². The SMILES string of the molecule is Cc1cc(Cl)c(C(=O)Nc2c(Cl)cccc2C(=O)O)cn1. The molecule has 0 saturated carbocycles. The number of para-hydroxylation sites is 1. The van der Waals surface area contributed by atoms with Crippen molar-refractivity contribution in [1.82, 2.24) is 4.98 Å². The van der Waals surface area contributed by atoms with E-state index in [0.29, 0.717) is 5.69 Å². The number of carbonyl (C=O) groups is 2. The molecule has 1 aromatic heterocycles. The number of aromatic nitrogens is 1. The lowest BCUT2D eigenvalue weighted by Gasteiger charge is -2.11. The molecule has 0 aliphatic carbocycles. The molecule has 2 N–H and O–H groups in total. The molecule has 1 heterocycles. The topological polar surface area (TPSA) is 79.3 Å². The summed E-state index contributed by atoms with van der Waals surface area (Å²) in [6.45, 7) is 1.74. The molecule has 0 saturated heterocycles. The fraction of sp³-hybridized carbons (Fsp3) is 0.0714. The summed E-state index contributed by atoms with van der Waals surface area (Å²) in [5.74, 6) is -1.77. The van der Waals surface area contributed by atoms with Crippen LogP contribution in [0.5, 0.6) is 0 Å². The number of hydrogen-bond donors (Lipinski definition) is 2. The molecule has 2 aromatic rings. The van der Waals surface area contributed by atoms with Gasteiger partial charge in [0.15, 0.2) is 0 Å². The second-order valence-corrected chi connectivity index (χ2v) is 5.04. The number of benzene rings is 1. The van der Waals surface area contributed by atoms with Crippen LogP contribution in [0.3, 0.4) is 0 Å². The number of aryl methyl sites for hydroxylation is 1. The van der Waals surface area contributed by atoms with Gasteiger partial charge in [-0.15, -0.1) is 0 Å². The van der Waals surface area contributed by atoms with Crippen molar-refractivity contribution in [2.45, 2.75) is 6.92 Å². The van der Waals surface area contributed by atoms with Gasteiger partial charge in [-0.3, -0.25) is 9.78 Å². The van der Waals surface area contributed by atoms with Crippen molar-refractivity contribution in [3.8, 4) is 0 Å². The number of pyridine rings is 1. The van der Waals surface area contributed by atoms with E-state index in [-0.39, 0.29) is 26.9 Å².